The Bertz CT molecular complexity index is 452. The van der Waals surface area contributed by atoms with E-state index in [2.05, 4.69) is 26.1 Å². The van der Waals surface area contributed by atoms with Crippen LogP contribution in [0.15, 0.2) is 15.2 Å². The average molecular weight is 343 g/mol. The molecule has 0 spiro atoms. The van der Waals surface area contributed by atoms with E-state index in [1.165, 1.54) is 25.7 Å². The quantitative estimate of drug-likeness (QED) is 0.911. The molecule has 1 saturated heterocycles. The van der Waals surface area contributed by atoms with Gasteiger partial charge in [-0.3, -0.25) is 4.79 Å². The van der Waals surface area contributed by atoms with Crippen LogP contribution < -0.4 is 5.32 Å². The van der Waals surface area contributed by atoms with Crippen LogP contribution in [0.4, 0.5) is 0 Å². The van der Waals surface area contributed by atoms with Gasteiger partial charge in [0.2, 0.25) is 0 Å². The topological polar surface area (TPSA) is 32.3 Å². The number of halogens is 1. The van der Waals surface area contributed by atoms with E-state index in [1.54, 1.807) is 11.3 Å². The summed E-state index contributed by atoms with van der Waals surface area (Å²) in [6.07, 6.45) is 4.84. The predicted molar refractivity (Wildman–Crippen MR) is 81.7 cm³/mol. The van der Waals surface area contributed by atoms with E-state index in [4.69, 9.17) is 0 Å². The summed E-state index contributed by atoms with van der Waals surface area (Å²) in [5, 5.41) is 5.40. The lowest BCUT2D eigenvalue weighted by molar-refractivity contribution is 0.0704. The van der Waals surface area contributed by atoms with Crippen molar-refractivity contribution in [2.45, 2.75) is 31.7 Å². The summed E-state index contributed by atoms with van der Waals surface area (Å²) in [7, 11) is 0. The molecular formula is C14H19BrN2OS. The molecule has 1 saturated carbocycles. The summed E-state index contributed by atoms with van der Waals surface area (Å²) in [5.74, 6) is 0.843. The van der Waals surface area contributed by atoms with Gasteiger partial charge in [0.1, 0.15) is 0 Å². The maximum atomic E-state index is 12.6. The first-order valence-corrected chi connectivity index (χ1v) is 8.67. The molecule has 104 valence electrons. The lowest BCUT2D eigenvalue weighted by Crippen LogP contribution is -2.42. The van der Waals surface area contributed by atoms with Crippen molar-refractivity contribution in [2.24, 2.45) is 5.92 Å². The summed E-state index contributed by atoms with van der Waals surface area (Å²) in [6, 6.07) is 2.44. The summed E-state index contributed by atoms with van der Waals surface area (Å²) < 4.78 is 1.03. The average Bonchev–Trinajstić information content (AvgIpc) is 3.18. The van der Waals surface area contributed by atoms with Crippen molar-refractivity contribution in [3.8, 4) is 0 Å². The lowest BCUT2D eigenvalue weighted by Gasteiger charge is -2.30. The molecule has 3 nitrogen and oxygen atoms in total. The second-order valence-corrected chi connectivity index (χ2v) is 7.83. The van der Waals surface area contributed by atoms with Gasteiger partial charge in [-0.05, 0) is 66.7 Å². The third kappa shape index (κ3) is 3.38. The van der Waals surface area contributed by atoms with Crippen LogP contribution in [0.3, 0.4) is 0 Å². The molecule has 0 aromatic carbocycles. The van der Waals surface area contributed by atoms with E-state index in [9.17, 15) is 4.79 Å². The Morgan fingerprint density at radius 3 is 2.89 bits per heavy atom. The first kappa shape index (κ1) is 13.6. The highest BCUT2D eigenvalue weighted by Crippen LogP contribution is 2.31. The summed E-state index contributed by atoms with van der Waals surface area (Å²) in [6.45, 7) is 3.11. The van der Waals surface area contributed by atoms with Gasteiger partial charge >= 0.3 is 0 Å². The molecule has 0 radical (unpaired) electrons. The third-order valence-corrected chi connectivity index (χ3v) is 5.42. The zero-order valence-corrected chi connectivity index (χ0v) is 13.3. The zero-order valence-electron chi connectivity index (χ0n) is 10.9. The van der Waals surface area contributed by atoms with Gasteiger partial charge in [-0.2, -0.15) is 0 Å². The van der Waals surface area contributed by atoms with Crippen molar-refractivity contribution in [3.63, 3.8) is 0 Å². The molecule has 19 heavy (non-hydrogen) atoms. The fourth-order valence-electron chi connectivity index (χ4n) is 2.73. The van der Waals surface area contributed by atoms with Crippen molar-refractivity contribution in [3.05, 3.63) is 20.8 Å². The Labute approximate surface area is 126 Å². The monoisotopic (exact) mass is 342 g/mol. The van der Waals surface area contributed by atoms with Crippen molar-refractivity contribution in [2.75, 3.05) is 19.6 Å². The first-order valence-electron chi connectivity index (χ1n) is 7.00. The Kier molecular flexibility index (Phi) is 4.24. The van der Waals surface area contributed by atoms with Gasteiger partial charge in [0.25, 0.3) is 5.91 Å². The van der Waals surface area contributed by atoms with Crippen LogP contribution in [0.5, 0.6) is 0 Å². The molecule has 3 rings (SSSR count). The van der Waals surface area contributed by atoms with E-state index in [0.717, 1.165) is 29.0 Å². The van der Waals surface area contributed by atoms with E-state index in [1.807, 2.05) is 11.4 Å². The first-order chi connectivity index (χ1) is 9.24. The second kappa shape index (κ2) is 5.94. The molecule has 1 amide bonds. The van der Waals surface area contributed by atoms with Crippen molar-refractivity contribution < 1.29 is 4.79 Å². The predicted octanol–water partition coefficient (Wildman–Crippen LogP) is 3.11. The van der Waals surface area contributed by atoms with E-state index in [-0.39, 0.29) is 5.91 Å². The zero-order chi connectivity index (χ0) is 13.2. The van der Waals surface area contributed by atoms with E-state index >= 15 is 0 Å². The maximum absolute atomic E-state index is 12.6. The van der Waals surface area contributed by atoms with Gasteiger partial charge in [0.05, 0.1) is 9.35 Å². The Morgan fingerprint density at radius 2 is 2.32 bits per heavy atom. The number of rotatable bonds is 4. The Hall–Kier alpha value is -0.390. The van der Waals surface area contributed by atoms with Crippen LogP contribution in [0, 0.1) is 5.92 Å². The van der Waals surface area contributed by atoms with Gasteiger partial charge in [-0.15, -0.1) is 11.3 Å². The molecule has 2 aliphatic rings. The molecule has 1 aromatic rings. The van der Waals surface area contributed by atoms with Crippen LogP contribution in [0.2, 0.25) is 0 Å². The Balaban J connectivity index is 1.68. The molecular weight excluding hydrogens is 324 g/mol. The fourth-order valence-corrected chi connectivity index (χ4v) is 3.86. The standard InChI is InChI=1S/C14H19BrN2OS/c15-13-6-11(9-19-13)14(18)17(12-3-4-12)8-10-2-1-5-16-7-10/h6,9-10,12,16H,1-5,7-8H2. The van der Waals surface area contributed by atoms with E-state index < -0.39 is 0 Å². The molecule has 2 heterocycles. The molecule has 1 atom stereocenters. The largest absolute Gasteiger partial charge is 0.335 e. The second-order valence-electron chi connectivity index (χ2n) is 5.54. The number of carbonyl (C=O) groups excluding carboxylic acids is 1. The molecule has 1 N–H and O–H groups in total. The van der Waals surface area contributed by atoms with Crippen molar-refractivity contribution >= 4 is 33.2 Å². The molecule has 1 aliphatic heterocycles. The highest BCUT2D eigenvalue weighted by molar-refractivity contribution is 9.11. The highest BCUT2D eigenvalue weighted by atomic mass is 79.9. The minimum Gasteiger partial charge on any atom is -0.335 e. The fraction of sp³-hybridized carbons (Fsp3) is 0.643. The van der Waals surface area contributed by atoms with Gasteiger partial charge in [-0.25, -0.2) is 0 Å². The van der Waals surface area contributed by atoms with Gasteiger partial charge < -0.3 is 10.2 Å². The number of hydrogen-bond acceptors (Lipinski definition) is 3. The maximum Gasteiger partial charge on any atom is 0.254 e. The number of thiophene rings is 1. The summed E-state index contributed by atoms with van der Waals surface area (Å²) >= 11 is 5.02. The molecule has 0 bridgehead atoms. The van der Waals surface area contributed by atoms with Crippen LogP contribution >= 0.6 is 27.3 Å². The number of hydrogen-bond donors (Lipinski definition) is 1. The molecule has 1 aliphatic carbocycles. The Morgan fingerprint density at radius 1 is 1.47 bits per heavy atom. The van der Waals surface area contributed by atoms with Gasteiger partial charge in [0.15, 0.2) is 0 Å². The van der Waals surface area contributed by atoms with Crippen LogP contribution in [-0.2, 0) is 0 Å². The van der Waals surface area contributed by atoms with Gasteiger partial charge in [0, 0.05) is 18.0 Å². The smallest absolute Gasteiger partial charge is 0.254 e. The van der Waals surface area contributed by atoms with E-state index in [0.29, 0.717) is 12.0 Å². The SMILES string of the molecule is O=C(c1csc(Br)c1)N(CC1CCCNC1)C1CC1. The highest BCUT2D eigenvalue weighted by Gasteiger charge is 2.34. The number of amides is 1. The van der Waals surface area contributed by atoms with Gasteiger partial charge in [-0.1, -0.05) is 0 Å². The number of nitrogens with one attached hydrogen (secondary N) is 1. The van der Waals surface area contributed by atoms with Crippen LogP contribution in [0.25, 0.3) is 0 Å². The van der Waals surface area contributed by atoms with Crippen molar-refractivity contribution in [1.82, 2.24) is 10.2 Å². The number of nitrogens with zero attached hydrogens (tertiary/aromatic N) is 1. The molecule has 5 heteroatoms. The minimum absolute atomic E-state index is 0.218. The molecule has 1 unspecified atom stereocenters. The van der Waals surface area contributed by atoms with Crippen molar-refractivity contribution in [1.29, 1.82) is 0 Å². The third-order valence-electron chi connectivity index (χ3n) is 3.92. The number of piperidine rings is 1. The normalized spacial score (nSPS) is 23.3. The lowest BCUT2D eigenvalue weighted by atomic mass is 9.98. The number of carbonyl (C=O) groups is 1. The van der Waals surface area contributed by atoms with Crippen LogP contribution in [-0.4, -0.2) is 36.5 Å². The summed E-state index contributed by atoms with van der Waals surface area (Å²) in [5.41, 5.74) is 0.840. The van der Waals surface area contributed by atoms with Crippen LogP contribution in [0.1, 0.15) is 36.0 Å². The summed E-state index contributed by atoms with van der Waals surface area (Å²) in [4.78, 5) is 14.7. The minimum atomic E-state index is 0.218. The molecule has 1 aromatic heterocycles. The molecule has 2 fully saturated rings.